The zero-order chi connectivity index (χ0) is 15.2. The van der Waals surface area contributed by atoms with Crippen molar-refractivity contribution >= 4 is 21.6 Å². The molecule has 21 heavy (non-hydrogen) atoms. The van der Waals surface area contributed by atoms with Crippen molar-refractivity contribution in [3.63, 3.8) is 0 Å². The van der Waals surface area contributed by atoms with Crippen molar-refractivity contribution in [2.75, 3.05) is 18.5 Å². The maximum absolute atomic E-state index is 5.94. The minimum atomic E-state index is 0.0547. The van der Waals surface area contributed by atoms with E-state index in [9.17, 15) is 0 Å². The van der Waals surface area contributed by atoms with Crippen LogP contribution in [0.2, 0.25) is 0 Å². The molecule has 0 aromatic heterocycles. The number of benzene rings is 2. The van der Waals surface area contributed by atoms with Gasteiger partial charge in [-0.05, 0) is 55.3 Å². The number of hydrogen-bond donors (Lipinski definition) is 2. The van der Waals surface area contributed by atoms with Gasteiger partial charge < -0.3 is 15.8 Å². The van der Waals surface area contributed by atoms with E-state index in [4.69, 9.17) is 10.5 Å². The van der Waals surface area contributed by atoms with Crippen molar-refractivity contribution in [1.29, 1.82) is 0 Å². The second-order valence-electron chi connectivity index (χ2n) is 4.96. The summed E-state index contributed by atoms with van der Waals surface area (Å²) in [5.41, 5.74) is 9.32. The van der Waals surface area contributed by atoms with Gasteiger partial charge in [0.25, 0.3) is 0 Å². The number of halogens is 1. The van der Waals surface area contributed by atoms with Crippen molar-refractivity contribution in [2.45, 2.75) is 19.9 Å². The SMILES string of the molecule is CCOc1cccc(C(CN)Nc2cc(C)cc(Br)c2)c1. The zero-order valence-corrected chi connectivity index (χ0v) is 14.0. The van der Waals surface area contributed by atoms with E-state index in [1.165, 1.54) is 5.56 Å². The molecular weight excluding hydrogens is 328 g/mol. The summed E-state index contributed by atoms with van der Waals surface area (Å²) in [7, 11) is 0. The van der Waals surface area contributed by atoms with Crippen LogP contribution >= 0.6 is 15.9 Å². The minimum absolute atomic E-state index is 0.0547. The first-order chi connectivity index (χ1) is 10.1. The fourth-order valence-corrected chi connectivity index (χ4v) is 2.89. The Hall–Kier alpha value is -1.52. The molecule has 1 unspecified atom stereocenters. The molecule has 0 spiro atoms. The number of hydrogen-bond acceptors (Lipinski definition) is 3. The van der Waals surface area contributed by atoms with E-state index in [1.807, 2.05) is 25.1 Å². The monoisotopic (exact) mass is 348 g/mol. The second kappa shape index (κ2) is 7.48. The van der Waals surface area contributed by atoms with E-state index in [-0.39, 0.29) is 6.04 Å². The van der Waals surface area contributed by atoms with Crippen molar-refractivity contribution in [2.24, 2.45) is 5.73 Å². The topological polar surface area (TPSA) is 47.3 Å². The highest BCUT2D eigenvalue weighted by Crippen LogP contribution is 2.25. The van der Waals surface area contributed by atoms with E-state index in [0.29, 0.717) is 13.2 Å². The molecule has 0 heterocycles. The molecule has 112 valence electrons. The van der Waals surface area contributed by atoms with Crippen LogP contribution < -0.4 is 15.8 Å². The number of nitrogens with one attached hydrogen (secondary N) is 1. The van der Waals surface area contributed by atoms with Crippen molar-refractivity contribution in [3.05, 3.63) is 58.1 Å². The molecule has 0 saturated heterocycles. The lowest BCUT2D eigenvalue weighted by atomic mass is 10.1. The van der Waals surface area contributed by atoms with Gasteiger partial charge in [0, 0.05) is 16.7 Å². The van der Waals surface area contributed by atoms with Gasteiger partial charge in [0.15, 0.2) is 0 Å². The number of ether oxygens (including phenoxy) is 1. The maximum Gasteiger partial charge on any atom is 0.119 e. The van der Waals surface area contributed by atoms with Crippen LogP contribution in [0.4, 0.5) is 5.69 Å². The second-order valence-corrected chi connectivity index (χ2v) is 5.87. The molecule has 1 atom stereocenters. The molecule has 2 aromatic rings. The normalized spacial score (nSPS) is 12.0. The van der Waals surface area contributed by atoms with Gasteiger partial charge in [0.1, 0.15) is 5.75 Å². The summed E-state index contributed by atoms with van der Waals surface area (Å²) in [6.07, 6.45) is 0. The van der Waals surface area contributed by atoms with Gasteiger partial charge in [-0.3, -0.25) is 0 Å². The van der Waals surface area contributed by atoms with Crippen molar-refractivity contribution in [1.82, 2.24) is 0 Å². The Labute approximate surface area is 134 Å². The molecule has 3 N–H and O–H groups in total. The van der Waals surface area contributed by atoms with Crippen LogP contribution in [0, 0.1) is 6.92 Å². The molecule has 2 rings (SSSR count). The lowest BCUT2D eigenvalue weighted by Gasteiger charge is -2.20. The molecule has 0 aliphatic carbocycles. The Kier molecular flexibility index (Phi) is 5.65. The standard InChI is InChI=1S/C17H21BrN2O/c1-3-21-16-6-4-5-13(9-16)17(11-19)20-15-8-12(2)7-14(18)10-15/h4-10,17,20H,3,11,19H2,1-2H3. The van der Waals surface area contributed by atoms with Crippen molar-refractivity contribution < 1.29 is 4.74 Å². The molecule has 0 amide bonds. The van der Waals surface area contributed by atoms with Gasteiger partial charge in [-0.1, -0.05) is 28.1 Å². The molecular formula is C17H21BrN2O. The zero-order valence-electron chi connectivity index (χ0n) is 12.4. The van der Waals surface area contributed by atoms with Gasteiger partial charge in [-0.15, -0.1) is 0 Å². The van der Waals surface area contributed by atoms with Crippen LogP contribution in [0.15, 0.2) is 46.9 Å². The summed E-state index contributed by atoms with van der Waals surface area (Å²) in [6.45, 7) is 5.23. The summed E-state index contributed by atoms with van der Waals surface area (Å²) in [5, 5.41) is 3.49. The Morgan fingerprint density at radius 2 is 2.05 bits per heavy atom. The molecule has 0 aliphatic heterocycles. The van der Waals surface area contributed by atoms with E-state index >= 15 is 0 Å². The summed E-state index contributed by atoms with van der Waals surface area (Å²) < 4.78 is 6.61. The highest BCUT2D eigenvalue weighted by atomic mass is 79.9. The van der Waals surface area contributed by atoms with E-state index in [0.717, 1.165) is 21.5 Å². The Morgan fingerprint density at radius 1 is 1.24 bits per heavy atom. The smallest absolute Gasteiger partial charge is 0.119 e. The fourth-order valence-electron chi connectivity index (χ4n) is 2.29. The molecule has 0 fully saturated rings. The molecule has 0 saturated carbocycles. The minimum Gasteiger partial charge on any atom is -0.494 e. The predicted octanol–water partition coefficient (Wildman–Crippen LogP) is 4.27. The maximum atomic E-state index is 5.94. The molecule has 4 heteroatoms. The largest absolute Gasteiger partial charge is 0.494 e. The molecule has 3 nitrogen and oxygen atoms in total. The fraction of sp³-hybridized carbons (Fsp3) is 0.294. The van der Waals surface area contributed by atoms with Crippen LogP contribution in [0.5, 0.6) is 5.75 Å². The molecule has 0 radical (unpaired) electrons. The third-order valence-corrected chi connectivity index (χ3v) is 3.65. The van der Waals surface area contributed by atoms with E-state index in [1.54, 1.807) is 0 Å². The van der Waals surface area contributed by atoms with Crippen molar-refractivity contribution in [3.8, 4) is 5.75 Å². The Bertz CT molecular complexity index is 581. The number of rotatable bonds is 6. The quantitative estimate of drug-likeness (QED) is 0.819. The van der Waals surface area contributed by atoms with Gasteiger partial charge in [-0.25, -0.2) is 0 Å². The number of anilines is 1. The van der Waals surface area contributed by atoms with Crippen LogP contribution in [-0.4, -0.2) is 13.2 Å². The lowest BCUT2D eigenvalue weighted by molar-refractivity contribution is 0.339. The number of aryl methyl sites for hydroxylation is 1. The van der Waals surface area contributed by atoms with Crippen LogP contribution in [0.25, 0.3) is 0 Å². The summed E-state index contributed by atoms with van der Waals surface area (Å²) in [4.78, 5) is 0. The Balaban J connectivity index is 2.21. The van der Waals surface area contributed by atoms with E-state index < -0.39 is 0 Å². The average molecular weight is 349 g/mol. The average Bonchev–Trinajstić information content (AvgIpc) is 2.44. The summed E-state index contributed by atoms with van der Waals surface area (Å²) >= 11 is 3.52. The highest BCUT2D eigenvalue weighted by Gasteiger charge is 2.11. The Morgan fingerprint density at radius 3 is 2.71 bits per heavy atom. The first kappa shape index (κ1) is 15.9. The van der Waals surface area contributed by atoms with Crippen LogP contribution in [0.3, 0.4) is 0 Å². The molecule has 2 aromatic carbocycles. The van der Waals surface area contributed by atoms with Gasteiger partial charge in [0.2, 0.25) is 0 Å². The first-order valence-electron chi connectivity index (χ1n) is 7.09. The first-order valence-corrected chi connectivity index (χ1v) is 7.88. The molecule has 0 bridgehead atoms. The van der Waals surface area contributed by atoms with Gasteiger partial charge in [0.05, 0.1) is 12.6 Å². The van der Waals surface area contributed by atoms with Gasteiger partial charge >= 0.3 is 0 Å². The van der Waals surface area contributed by atoms with E-state index in [2.05, 4.69) is 52.4 Å². The third-order valence-electron chi connectivity index (χ3n) is 3.19. The van der Waals surface area contributed by atoms with Gasteiger partial charge in [-0.2, -0.15) is 0 Å². The summed E-state index contributed by atoms with van der Waals surface area (Å²) in [5.74, 6) is 0.876. The lowest BCUT2D eigenvalue weighted by Crippen LogP contribution is -2.20. The predicted molar refractivity (Wildman–Crippen MR) is 91.9 cm³/mol. The number of nitrogens with two attached hydrogens (primary N) is 1. The molecule has 0 aliphatic rings. The highest BCUT2D eigenvalue weighted by molar-refractivity contribution is 9.10. The summed E-state index contributed by atoms with van der Waals surface area (Å²) in [6, 6.07) is 14.4. The third kappa shape index (κ3) is 4.48. The van der Waals surface area contributed by atoms with Crippen LogP contribution in [-0.2, 0) is 0 Å². The van der Waals surface area contributed by atoms with Crippen LogP contribution in [0.1, 0.15) is 24.1 Å².